The van der Waals surface area contributed by atoms with Crippen molar-refractivity contribution in [1.29, 1.82) is 0 Å². The maximum atomic E-state index is 5.91. The van der Waals surface area contributed by atoms with Crippen LogP contribution in [0.4, 0.5) is 0 Å². The molecule has 2 atom stereocenters. The predicted octanol–water partition coefficient (Wildman–Crippen LogP) is 3.05. The van der Waals surface area contributed by atoms with Crippen LogP contribution in [0, 0.1) is 5.92 Å². The van der Waals surface area contributed by atoms with Crippen LogP contribution in [0.25, 0.3) is 0 Å². The van der Waals surface area contributed by atoms with Crippen LogP contribution in [-0.2, 0) is 12.8 Å². The molecule has 0 fully saturated rings. The van der Waals surface area contributed by atoms with Gasteiger partial charge in [-0.05, 0) is 36.7 Å². The lowest BCUT2D eigenvalue weighted by molar-refractivity contribution is 0.181. The number of nitrogens with one attached hydrogen (secondary N) is 1. The van der Waals surface area contributed by atoms with E-state index in [0.29, 0.717) is 12.0 Å². The molecule has 1 aliphatic heterocycles. The van der Waals surface area contributed by atoms with Gasteiger partial charge in [0.1, 0.15) is 11.5 Å². The molecule has 3 rings (SSSR count). The zero-order valence-electron chi connectivity index (χ0n) is 11.8. The molecule has 0 spiro atoms. The molecule has 1 aromatic heterocycles. The third-order valence-corrected chi connectivity index (χ3v) is 3.94. The molecule has 2 aromatic rings. The number of hydrogen-bond donors (Lipinski definition) is 1. The molecule has 0 saturated heterocycles. The molecule has 3 heteroatoms. The summed E-state index contributed by atoms with van der Waals surface area (Å²) in [6.07, 6.45) is 3.72. The Morgan fingerprint density at radius 2 is 2.15 bits per heavy atom. The lowest BCUT2D eigenvalue weighted by atomic mass is 9.88. The van der Waals surface area contributed by atoms with Gasteiger partial charge in [-0.2, -0.15) is 0 Å². The zero-order valence-corrected chi connectivity index (χ0v) is 11.8. The molecule has 1 N–H and O–H groups in total. The molecule has 2 unspecified atom stereocenters. The highest BCUT2D eigenvalue weighted by molar-refractivity contribution is 5.35. The minimum Gasteiger partial charge on any atom is -0.493 e. The summed E-state index contributed by atoms with van der Waals surface area (Å²) in [4.78, 5) is 0. The number of ether oxygens (including phenoxy) is 1. The summed E-state index contributed by atoms with van der Waals surface area (Å²) >= 11 is 0. The fraction of sp³-hybridized carbons (Fsp3) is 0.412. The van der Waals surface area contributed by atoms with Crippen molar-refractivity contribution in [3.05, 3.63) is 54.0 Å². The van der Waals surface area contributed by atoms with Crippen molar-refractivity contribution in [3.8, 4) is 5.75 Å². The zero-order chi connectivity index (χ0) is 13.8. The summed E-state index contributed by atoms with van der Waals surface area (Å²) in [7, 11) is 0. The minimum atomic E-state index is 0.388. The van der Waals surface area contributed by atoms with Crippen LogP contribution in [0.1, 0.15) is 18.2 Å². The van der Waals surface area contributed by atoms with Gasteiger partial charge in [0, 0.05) is 18.4 Å². The van der Waals surface area contributed by atoms with Crippen LogP contribution >= 0.6 is 0 Å². The lowest BCUT2D eigenvalue weighted by Gasteiger charge is -2.31. The first-order valence-electron chi connectivity index (χ1n) is 7.33. The Kier molecular flexibility index (Phi) is 4.07. The first-order chi connectivity index (χ1) is 9.86. The molecule has 2 heterocycles. The van der Waals surface area contributed by atoms with Crippen LogP contribution in [0.3, 0.4) is 0 Å². The number of furan rings is 1. The van der Waals surface area contributed by atoms with Crippen LogP contribution in [-0.4, -0.2) is 19.2 Å². The van der Waals surface area contributed by atoms with Gasteiger partial charge >= 0.3 is 0 Å². The van der Waals surface area contributed by atoms with E-state index in [9.17, 15) is 0 Å². The average molecular weight is 271 g/mol. The SMILES string of the molecule is CCNC(Cc1ccco1)C1COc2ccccc2C1. The van der Waals surface area contributed by atoms with Crippen LogP contribution in [0.15, 0.2) is 47.1 Å². The highest BCUT2D eigenvalue weighted by Gasteiger charge is 2.27. The predicted molar refractivity (Wildman–Crippen MR) is 79.0 cm³/mol. The smallest absolute Gasteiger partial charge is 0.122 e. The molecule has 0 bridgehead atoms. The van der Waals surface area contributed by atoms with Crippen molar-refractivity contribution in [3.63, 3.8) is 0 Å². The van der Waals surface area contributed by atoms with Gasteiger partial charge in [-0.15, -0.1) is 0 Å². The summed E-state index contributed by atoms with van der Waals surface area (Å²) in [6.45, 7) is 3.88. The van der Waals surface area contributed by atoms with E-state index in [0.717, 1.165) is 37.5 Å². The van der Waals surface area contributed by atoms with Gasteiger partial charge in [-0.25, -0.2) is 0 Å². The molecule has 1 aromatic carbocycles. The summed E-state index contributed by atoms with van der Waals surface area (Å²) in [5, 5.41) is 3.58. The van der Waals surface area contributed by atoms with E-state index in [2.05, 4.69) is 30.4 Å². The molecule has 1 aliphatic rings. The van der Waals surface area contributed by atoms with Crippen molar-refractivity contribution in [2.45, 2.75) is 25.8 Å². The Morgan fingerprint density at radius 3 is 2.95 bits per heavy atom. The number of rotatable bonds is 5. The molecule has 0 radical (unpaired) electrons. The fourth-order valence-corrected chi connectivity index (χ4v) is 2.92. The monoisotopic (exact) mass is 271 g/mol. The van der Waals surface area contributed by atoms with E-state index in [1.54, 1.807) is 6.26 Å². The third-order valence-electron chi connectivity index (χ3n) is 3.94. The van der Waals surface area contributed by atoms with Crippen LogP contribution in [0.2, 0.25) is 0 Å². The Balaban J connectivity index is 1.72. The minimum absolute atomic E-state index is 0.388. The van der Waals surface area contributed by atoms with Crippen molar-refractivity contribution in [2.75, 3.05) is 13.2 Å². The Morgan fingerprint density at radius 1 is 1.25 bits per heavy atom. The summed E-state index contributed by atoms with van der Waals surface area (Å²) in [6, 6.07) is 12.7. The largest absolute Gasteiger partial charge is 0.493 e. The number of hydrogen-bond acceptors (Lipinski definition) is 3. The summed E-state index contributed by atoms with van der Waals surface area (Å²) in [5.41, 5.74) is 1.31. The number of fused-ring (bicyclic) bond motifs is 1. The molecule has 106 valence electrons. The molecular weight excluding hydrogens is 250 g/mol. The number of para-hydroxylation sites is 1. The van der Waals surface area contributed by atoms with Gasteiger partial charge in [0.15, 0.2) is 0 Å². The molecule has 0 amide bonds. The van der Waals surface area contributed by atoms with Gasteiger partial charge in [-0.3, -0.25) is 0 Å². The molecular formula is C17H21NO2. The van der Waals surface area contributed by atoms with Crippen molar-refractivity contribution >= 4 is 0 Å². The maximum absolute atomic E-state index is 5.91. The molecule has 20 heavy (non-hydrogen) atoms. The standard InChI is InChI=1S/C17H21NO2/c1-2-18-16(11-15-7-5-9-19-15)14-10-13-6-3-4-8-17(13)20-12-14/h3-9,14,16,18H,2,10-12H2,1H3. The quantitative estimate of drug-likeness (QED) is 0.907. The number of likely N-dealkylation sites (N-methyl/N-ethyl adjacent to an activating group) is 1. The average Bonchev–Trinajstić information content (AvgIpc) is 2.99. The fourth-order valence-electron chi connectivity index (χ4n) is 2.92. The third kappa shape index (κ3) is 2.88. The number of benzene rings is 1. The van der Waals surface area contributed by atoms with E-state index in [4.69, 9.17) is 9.15 Å². The second kappa shape index (κ2) is 6.14. The maximum Gasteiger partial charge on any atom is 0.122 e. The second-order valence-corrected chi connectivity index (χ2v) is 5.33. The summed E-state index contributed by atoms with van der Waals surface area (Å²) < 4.78 is 11.4. The second-order valence-electron chi connectivity index (χ2n) is 5.33. The van der Waals surface area contributed by atoms with E-state index >= 15 is 0 Å². The first kappa shape index (κ1) is 13.3. The van der Waals surface area contributed by atoms with Crippen LogP contribution < -0.4 is 10.1 Å². The molecule has 0 aliphatic carbocycles. The Hall–Kier alpha value is -1.74. The van der Waals surface area contributed by atoms with Gasteiger partial charge < -0.3 is 14.5 Å². The van der Waals surface area contributed by atoms with Gasteiger partial charge in [0.05, 0.1) is 12.9 Å². The molecule has 3 nitrogen and oxygen atoms in total. The van der Waals surface area contributed by atoms with E-state index < -0.39 is 0 Å². The Bertz CT molecular complexity index is 536. The van der Waals surface area contributed by atoms with Gasteiger partial charge in [0.2, 0.25) is 0 Å². The highest BCUT2D eigenvalue weighted by atomic mass is 16.5. The first-order valence-corrected chi connectivity index (χ1v) is 7.33. The van der Waals surface area contributed by atoms with Gasteiger partial charge in [-0.1, -0.05) is 25.1 Å². The van der Waals surface area contributed by atoms with Crippen LogP contribution in [0.5, 0.6) is 5.75 Å². The summed E-state index contributed by atoms with van der Waals surface area (Å²) in [5.74, 6) is 2.56. The topological polar surface area (TPSA) is 34.4 Å². The van der Waals surface area contributed by atoms with Crippen molar-refractivity contribution in [1.82, 2.24) is 5.32 Å². The van der Waals surface area contributed by atoms with Gasteiger partial charge in [0.25, 0.3) is 0 Å². The van der Waals surface area contributed by atoms with Crippen molar-refractivity contribution in [2.24, 2.45) is 5.92 Å². The van der Waals surface area contributed by atoms with Crippen molar-refractivity contribution < 1.29 is 9.15 Å². The Labute approximate surface area is 119 Å². The van der Waals surface area contributed by atoms with E-state index in [1.807, 2.05) is 18.2 Å². The van der Waals surface area contributed by atoms with E-state index in [-0.39, 0.29) is 0 Å². The van der Waals surface area contributed by atoms with E-state index in [1.165, 1.54) is 5.56 Å². The highest BCUT2D eigenvalue weighted by Crippen LogP contribution is 2.29. The normalized spacial score (nSPS) is 19.1. The lowest BCUT2D eigenvalue weighted by Crippen LogP contribution is -2.43. The molecule has 0 saturated carbocycles.